The molecule has 0 amide bonds. The van der Waals surface area contributed by atoms with Gasteiger partial charge >= 0.3 is 0 Å². The van der Waals surface area contributed by atoms with Gasteiger partial charge in [-0.25, -0.2) is 9.97 Å². The van der Waals surface area contributed by atoms with E-state index in [1.165, 1.54) is 5.56 Å². The van der Waals surface area contributed by atoms with Crippen LogP contribution in [0.3, 0.4) is 0 Å². The second-order valence-corrected chi connectivity index (χ2v) is 6.72. The van der Waals surface area contributed by atoms with Gasteiger partial charge in [0.05, 0.1) is 0 Å². The minimum atomic E-state index is 0.104. The number of benzene rings is 1. The third-order valence-electron chi connectivity index (χ3n) is 4.51. The lowest BCUT2D eigenvalue weighted by Gasteiger charge is -2.31. The summed E-state index contributed by atoms with van der Waals surface area (Å²) in [7, 11) is 0. The third kappa shape index (κ3) is 4.54. The molecule has 0 saturated carbocycles. The van der Waals surface area contributed by atoms with Crippen molar-refractivity contribution >= 4 is 23.3 Å². The van der Waals surface area contributed by atoms with Gasteiger partial charge in [-0.3, -0.25) is 4.79 Å². The molecule has 4 nitrogen and oxygen atoms in total. The SMILES string of the molecule is O=C(CCCc1ccc(Cl)cc1)[C@H]1CCCN(c2ncccn2)C1. The van der Waals surface area contributed by atoms with E-state index in [4.69, 9.17) is 11.6 Å². The smallest absolute Gasteiger partial charge is 0.225 e. The Morgan fingerprint density at radius 1 is 1.21 bits per heavy atom. The Morgan fingerprint density at radius 2 is 1.96 bits per heavy atom. The molecule has 0 radical (unpaired) electrons. The van der Waals surface area contributed by atoms with Gasteiger partial charge in [0.15, 0.2) is 0 Å². The highest BCUT2D eigenvalue weighted by Crippen LogP contribution is 2.22. The van der Waals surface area contributed by atoms with Crippen molar-refractivity contribution in [2.24, 2.45) is 5.92 Å². The standard InChI is InChI=1S/C19H22ClN3O/c20-17-9-7-15(8-10-17)4-1-6-18(24)16-5-2-13-23(14-16)19-21-11-3-12-22-19/h3,7-12,16H,1-2,4-6,13-14H2/t16-/m0/s1. The van der Waals surface area contributed by atoms with Crippen molar-refractivity contribution in [3.8, 4) is 0 Å². The number of anilines is 1. The number of hydrogen-bond acceptors (Lipinski definition) is 4. The Bertz CT molecular complexity index is 660. The van der Waals surface area contributed by atoms with Crippen LogP contribution < -0.4 is 4.90 Å². The number of aryl methyl sites for hydroxylation is 1. The van der Waals surface area contributed by atoms with E-state index in [0.717, 1.165) is 49.7 Å². The molecule has 0 bridgehead atoms. The van der Waals surface area contributed by atoms with E-state index < -0.39 is 0 Å². The first-order valence-electron chi connectivity index (χ1n) is 8.51. The van der Waals surface area contributed by atoms with Crippen LogP contribution in [0, 0.1) is 5.92 Å². The van der Waals surface area contributed by atoms with E-state index in [1.807, 2.05) is 30.3 Å². The Labute approximate surface area is 147 Å². The molecular formula is C19H22ClN3O. The van der Waals surface area contributed by atoms with Gasteiger partial charge in [-0.1, -0.05) is 23.7 Å². The molecule has 0 spiro atoms. The molecule has 1 aliphatic heterocycles. The molecule has 2 heterocycles. The molecule has 126 valence electrons. The van der Waals surface area contributed by atoms with Crippen LogP contribution in [0.4, 0.5) is 5.95 Å². The summed E-state index contributed by atoms with van der Waals surface area (Å²) in [6.45, 7) is 1.67. The molecule has 0 N–H and O–H groups in total. The number of halogens is 1. The topological polar surface area (TPSA) is 46.1 Å². The van der Waals surface area contributed by atoms with Crippen LogP contribution in [0.2, 0.25) is 5.02 Å². The average Bonchev–Trinajstić information content (AvgIpc) is 2.64. The van der Waals surface area contributed by atoms with Crippen molar-refractivity contribution in [3.63, 3.8) is 0 Å². The zero-order valence-corrected chi connectivity index (χ0v) is 14.5. The fraction of sp³-hybridized carbons (Fsp3) is 0.421. The normalized spacial score (nSPS) is 17.7. The van der Waals surface area contributed by atoms with Crippen LogP contribution >= 0.6 is 11.6 Å². The number of ketones is 1. The minimum Gasteiger partial charge on any atom is -0.340 e. The monoisotopic (exact) mass is 343 g/mol. The predicted molar refractivity (Wildman–Crippen MR) is 96.4 cm³/mol. The maximum Gasteiger partial charge on any atom is 0.225 e. The number of aromatic nitrogens is 2. The Balaban J connectivity index is 1.48. The Kier molecular flexibility index (Phi) is 5.81. The van der Waals surface area contributed by atoms with Gasteiger partial charge in [0, 0.05) is 42.8 Å². The summed E-state index contributed by atoms with van der Waals surface area (Å²) in [5.41, 5.74) is 1.23. The Hall–Kier alpha value is -1.94. The zero-order chi connectivity index (χ0) is 16.8. The lowest BCUT2D eigenvalue weighted by molar-refractivity contribution is -0.123. The first kappa shape index (κ1) is 16.9. The van der Waals surface area contributed by atoms with Crippen LogP contribution in [0.1, 0.15) is 31.2 Å². The van der Waals surface area contributed by atoms with Crippen molar-refractivity contribution in [2.75, 3.05) is 18.0 Å². The van der Waals surface area contributed by atoms with E-state index in [1.54, 1.807) is 12.4 Å². The molecule has 1 aliphatic rings. The van der Waals surface area contributed by atoms with Crippen LogP contribution in [0.25, 0.3) is 0 Å². The lowest BCUT2D eigenvalue weighted by atomic mass is 9.91. The fourth-order valence-corrected chi connectivity index (χ4v) is 3.32. The maximum absolute atomic E-state index is 12.5. The molecule has 5 heteroatoms. The summed E-state index contributed by atoms with van der Waals surface area (Å²) in [6.07, 6.45) is 7.94. The second kappa shape index (κ2) is 8.25. The number of nitrogens with zero attached hydrogens (tertiary/aromatic N) is 3. The van der Waals surface area contributed by atoms with Gasteiger partial charge in [-0.15, -0.1) is 0 Å². The van der Waals surface area contributed by atoms with Crippen LogP contribution in [-0.2, 0) is 11.2 Å². The molecular weight excluding hydrogens is 322 g/mol. The molecule has 1 aromatic carbocycles. The molecule has 24 heavy (non-hydrogen) atoms. The average molecular weight is 344 g/mol. The van der Waals surface area contributed by atoms with Crippen LogP contribution in [0.5, 0.6) is 0 Å². The fourth-order valence-electron chi connectivity index (χ4n) is 3.20. The summed E-state index contributed by atoms with van der Waals surface area (Å²) in [6, 6.07) is 9.67. The van der Waals surface area contributed by atoms with Gasteiger partial charge < -0.3 is 4.90 Å². The highest BCUT2D eigenvalue weighted by atomic mass is 35.5. The summed E-state index contributed by atoms with van der Waals surface area (Å²) in [5.74, 6) is 1.20. The molecule has 0 unspecified atom stereocenters. The van der Waals surface area contributed by atoms with E-state index in [0.29, 0.717) is 12.2 Å². The number of hydrogen-bond donors (Lipinski definition) is 0. The highest BCUT2D eigenvalue weighted by Gasteiger charge is 2.26. The zero-order valence-electron chi connectivity index (χ0n) is 13.7. The van der Waals surface area contributed by atoms with Gasteiger partial charge in [-0.2, -0.15) is 0 Å². The maximum atomic E-state index is 12.5. The number of rotatable bonds is 6. The van der Waals surface area contributed by atoms with Crippen molar-refractivity contribution in [2.45, 2.75) is 32.1 Å². The summed E-state index contributed by atoms with van der Waals surface area (Å²) in [5, 5.41) is 0.750. The largest absolute Gasteiger partial charge is 0.340 e. The summed E-state index contributed by atoms with van der Waals surface area (Å²) < 4.78 is 0. The molecule has 2 aromatic rings. The number of carbonyl (C=O) groups is 1. The molecule has 1 atom stereocenters. The number of Topliss-reactive ketones (excluding diaryl/α,β-unsaturated/α-hetero) is 1. The van der Waals surface area contributed by atoms with E-state index in [-0.39, 0.29) is 5.92 Å². The van der Waals surface area contributed by atoms with E-state index >= 15 is 0 Å². The molecule has 3 rings (SSSR count). The van der Waals surface area contributed by atoms with Crippen molar-refractivity contribution in [1.29, 1.82) is 0 Å². The highest BCUT2D eigenvalue weighted by molar-refractivity contribution is 6.30. The first-order valence-corrected chi connectivity index (χ1v) is 8.89. The lowest BCUT2D eigenvalue weighted by Crippen LogP contribution is -2.39. The van der Waals surface area contributed by atoms with Gasteiger partial charge in [0.25, 0.3) is 0 Å². The van der Waals surface area contributed by atoms with Crippen molar-refractivity contribution < 1.29 is 4.79 Å². The summed E-state index contributed by atoms with van der Waals surface area (Å²) in [4.78, 5) is 23.3. The summed E-state index contributed by atoms with van der Waals surface area (Å²) >= 11 is 5.89. The van der Waals surface area contributed by atoms with E-state index in [2.05, 4.69) is 14.9 Å². The predicted octanol–water partition coefficient (Wildman–Crippen LogP) is 3.94. The minimum absolute atomic E-state index is 0.104. The van der Waals surface area contributed by atoms with Gasteiger partial charge in [-0.05, 0) is 49.4 Å². The van der Waals surface area contributed by atoms with Gasteiger partial charge in [0.2, 0.25) is 5.95 Å². The van der Waals surface area contributed by atoms with Crippen molar-refractivity contribution in [1.82, 2.24) is 9.97 Å². The third-order valence-corrected chi connectivity index (χ3v) is 4.77. The molecule has 1 saturated heterocycles. The molecule has 1 aromatic heterocycles. The molecule has 1 fully saturated rings. The van der Waals surface area contributed by atoms with Crippen molar-refractivity contribution in [3.05, 3.63) is 53.3 Å². The quantitative estimate of drug-likeness (QED) is 0.797. The Morgan fingerprint density at radius 3 is 2.71 bits per heavy atom. The number of piperidine rings is 1. The van der Waals surface area contributed by atoms with E-state index in [9.17, 15) is 4.79 Å². The van der Waals surface area contributed by atoms with Crippen LogP contribution in [-0.4, -0.2) is 28.8 Å². The molecule has 0 aliphatic carbocycles. The number of carbonyl (C=O) groups excluding carboxylic acids is 1. The van der Waals surface area contributed by atoms with Crippen LogP contribution in [0.15, 0.2) is 42.7 Å². The second-order valence-electron chi connectivity index (χ2n) is 6.28. The first-order chi connectivity index (χ1) is 11.7. The van der Waals surface area contributed by atoms with Gasteiger partial charge in [0.1, 0.15) is 5.78 Å².